The van der Waals surface area contributed by atoms with E-state index in [-0.39, 0.29) is 17.2 Å². The van der Waals surface area contributed by atoms with Crippen molar-refractivity contribution < 1.29 is 9.53 Å². The van der Waals surface area contributed by atoms with Gasteiger partial charge in [-0.1, -0.05) is 24.3 Å². The van der Waals surface area contributed by atoms with Crippen LogP contribution in [0, 0.1) is 11.3 Å². The Bertz CT molecular complexity index is 729. The highest BCUT2D eigenvalue weighted by atomic mass is 16.5. The Morgan fingerprint density at radius 2 is 1.92 bits per heavy atom. The quantitative estimate of drug-likeness (QED) is 0.920. The summed E-state index contributed by atoms with van der Waals surface area (Å²) in [4.78, 5) is 19.9. The number of hydrogen-bond acceptors (Lipinski definition) is 4. The molecule has 1 atom stereocenters. The van der Waals surface area contributed by atoms with E-state index in [2.05, 4.69) is 15.2 Å². The number of ether oxygens (including phenoxy) is 1. The van der Waals surface area contributed by atoms with E-state index < -0.39 is 0 Å². The van der Waals surface area contributed by atoms with E-state index in [4.69, 9.17) is 4.74 Å². The van der Waals surface area contributed by atoms with Crippen LogP contribution in [0.4, 0.5) is 5.69 Å². The van der Waals surface area contributed by atoms with Crippen molar-refractivity contribution in [2.45, 2.75) is 19.4 Å². The minimum Gasteiger partial charge on any atom is -0.381 e. The van der Waals surface area contributed by atoms with Gasteiger partial charge in [-0.05, 0) is 37.1 Å². The number of amides is 1. The molecule has 5 heteroatoms. The van der Waals surface area contributed by atoms with Crippen LogP contribution in [-0.2, 0) is 16.1 Å². The fourth-order valence-electron chi connectivity index (χ4n) is 4.31. The standard InChI is InChI=1S/C21H25N3O2/c25-20(23-17-6-2-1-3-7-17)19-15-24(14-18-8-4-5-11-22-18)16-21(19)9-12-26-13-10-21/h1-8,11,19H,9-10,12-16H2,(H,23,25)/t19-/m0/s1. The molecule has 2 fully saturated rings. The Balaban J connectivity index is 1.51. The number of benzene rings is 1. The van der Waals surface area contributed by atoms with Crippen LogP contribution >= 0.6 is 0 Å². The third-order valence-electron chi connectivity index (χ3n) is 5.68. The number of carbonyl (C=O) groups is 1. The molecular formula is C21H25N3O2. The van der Waals surface area contributed by atoms with E-state index in [9.17, 15) is 4.79 Å². The van der Waals surface area contributed by atoms with Gasteiger partial charge in [0, 0.05) is 50.1 Å². The van der Waals surface area contributed by atoms with Crippen LogP contribution in [0.25, 0.3) is 0 Å². The number of carbonyl (C=O) groups excluding carboxylic acids is 1. The highest BCUT2D eigenvalue weighted by Gasteiger charge is 2.50. The summed E-state index contributed by atoms with van der Waals surface area (Å²) in [6.45, 7) is 3.98. The van der Waals surface area contributed by atoms with E-state index in [1.165, 1.54) is 0 Å². The van der Waals surface area contributed by atoms with Crippen molar-refractivity contribution in [2.24, 2.45) is 11.3 Å². The normalized spacial score (nSPS) is 22.4. The van der Waals surface area contributed by atoms with Crippen molar-refractivity contribution in [3.05, 3.63) is 60.4 Å². The molecule has 1 aromatic heterocycles. The number of hydrogen-bond donors (Lipinski definition) is 1. The van der Waals surface area contributed by atoms with Crippen LogP contribution in [0.15, 0.2) is 54.7 Å². The second kappa shape index (κ2) is 7.56. The van der Waals surface area contributed by atoms with Gasteiger partial charge in [0.05, 0.1) is 11.6 Å². The van der Waals surface area contributed by atoms with Gasteiger partial charge in [-0.2, -0.15) is 0 Å². The van der Waals surface area contributed by atoms with Crippen LogP contribution in [0.3, 0.4) is 0 Å². The summed E-state index contributed by atoms with van der Waals surface area (Å²) in [7, 11) is 0. The highest BCUT2D eigenvalue weighted by molar-refractivity contribution is 5.93. The van der Waals surface area contributed by atoms with Crippen LogP contribution < -0.4 is 5.32 Å². The lowest BCUT2D eigenvalue weighted by molar-refractivity contribution is -0.124. The Labute approximate surface area is 154 Å². The molecule has 4 rings (SSSR count). The maximum Gasteiger partial charge on any atom is 0.229 e. The number of para-hydroxylation sites is 1. The molecule has 1 N–H and O–H groups in total. The van der Waals surface area contributed by atoms with Gasteiger partial charge in [0.25, 0.3) is 0 Å². The maximum absolute atomic E-state index is 13.1. The van der Waals surface area contributed by atoms with Crippen molar-refractivity contribution in [3.63, 3.8) is 0 Å². The molecule has 3 heterocycles. The van der Waals surface area contributed by atoms with Gasteiger partial charge in [-0.3, -0.25) is 14.7 Å². The lowest BCUT2D eigenvalue weighted by Gasteiger charge is -2.37. The predicted octanol–water partition coefficient (Wildman–Crippen LogP) is 2.95. The Morgan fingerprint density at radius 3 is 2.65 bits per heavy atom. The van der Waals surface area contributed by atoms with E-state index in [0.717, 1.165) is 57.1 Å². The van der Waals surface area contributed by atoms with Crippen molar-refractivity contribution in [2.75, 3.05) is 31.6 Å². The molecule has 136 valence electrons. The molecule has 2 aliphatic rings. The minimum atomic E-state index is -0.0182. The average molecular weight is 351 g/mol. The van der Waals surface area contributed by atoms with Gasteiger partial charge in [-0.25, -0.2) is 0 Å². The third-order valence-corrected chi connectivity index (χ3v) is 5.68. The SMILES string of the molecule is O=C(Nc1ccccc1)[C@@H]1CN(Cc2ccccn2)CC12CCOCC2. The first-order valence-electron chi connectivity index (χ1n) is 9.31. The van der Waals surface area contributed by atoms with Gasteiger partial charge in [0.15, 0.2) is 0 Å². The average Bonchev–Trinajstić information content (AvgIpc) is 3.01. The second-order valence-electron chi connectivity index (χ2n) is 7.37. The number of pyridine rings is 1. The van der Waals surface area contributed by atoms with Crippen molar-refractivity contribution in [3.8, 4) is 0 Å². The van der Waals surface area contributed by atoms with Gasteiger partial charge in [0.1, 0.15) is 0 Å². The highest BCUT2D eigenvalue weighted by Crippen LogP contribution is 2.45. The molecule has 0 saturated carbocycles. The summed E-state index contributed by atoms with van der Waals surface area (Å²) in [5.74, 6) is 0.108. The lowest BCUT2D eigenvalue weighted by Crippen LogP contribution is -2.42. The van der Waals surface area contributed by atoms with Crippen molar-refractivity contribution in [1.82, 2.24) is 9.88 Å². The smallest absolute Gasteiger partial charge is 0.229 e. The molecule has 26 heavy (non-hydrogen) atoms. The first-order valence-corrected chi connectivity index (χ1v) is 9.31. The molecular weight excluding hydrogens is 326 g/mol. The van der Waals surface area contributed by atoms with Crippen molar-refractivity contribution >= 4 is 11.6 Å². The Hall–Kier alpha value is -2.24. The summed E-state index contributed by atoms with van der Waals surface area (Å²) >= 11 is 0. The van der Waals surface area contributed by atoms with Crippen molar-refractivity contribution in [1.29, 1.82) is 0 Å². The molecule has 0 unspecified atom stereocenters. The van der Waals surface area contributed by atoms with Gasteiger partial charge in [-0.15, -0.1) is 0 Å². The molecule has 1 spiro atoms. The van der Waals surface area contributed by atoms with Crippen LogP contribution in [0.1, 0.15) is 18.5 Å². The topological polar surface area (TPSA) is 54.5 Å². The molecule has 0 aliphatic carbocycles. The van der Waals surface area contributed by atoms with Gasteiger partial charge >= 0.3 is 0 Å². The summed E-state index contributed by atoms with van der Waals surface area (Å²) in [6.07, 6.45) is 3.71. The Kier molecular flexibility index (Phi) is 5.00. The molecule has 0 bridgehead atoms. The number of likely N-dealkylation sites (tertiary alicyclic amines) is 1. The fraction of sp³-hybridized carbons (Fsp3) is 0.429. The van der Waals surface area contributed by atoms with Gasteiger partial charge in [0.2, 0.25) is 5.91 Å². The van der Waals surface area contributed by atoms with E-state index in [1.54, 1.807) is 0 Å². The molecule has 1 amide bonds. The zero-order valence-corrected chi connectivity index (χ0v) is 14.9. The number of aromatic nitrogens is 1. The summed E-state index contributed by atoms with van der Waals surface area (Å²) in [5, 5.41) is 3.12. The van der Waals surface area contributed by atoms with Gasteiger partial charge < -0.3 is 10.1 Å². The molecule has 1 aromatic carbocycles. The fourth-order valence-corrected chi connectivity index (χ4v) is 4.31. The second-order valence-corrected chi connectivity index (χ2v) is 7.37. The monoisotopic (exact) mass is 351 g/mol. The minimum absolute atomic E-state index is 0.00585. The number of rotatable bonds is 4. The number of nitrogens with zero attached hydrogens (tertiary/aromatic N) is 2. The number of nitrogens with one attached hydrogen (secondary N) is 1. The molecule has 0 radical (unpaired) electrons. The number of anilines is 1. The van der Waals surface area contributed by atoms with Crippen LogP contribution in [-0.4, -0.2) is 42.1 Å². The van der Waals surface area contributed by atoms with E-state index in [0.29, 0.717) is 0 Å². The molecule has 2 aromatic rings. The predicted molar refractivity (Wildman–Crippen MR) is 101 cm³/mol. The zero-order chi connectivity index (χ0) is 17.8. The Morgan fingerprint density at radius 1 is 1.15 bits per heavy atom. The molecule has 5 nitrogen and oxygen atoms in total. The van der Waals surface area contributed by atoms with Crippen LogP contribution in [0.5, 0.6) is 0 Å². The first kappa shape index (κ1) is 17.2. The first-order chi connectivity index (χ1) is 12.8. The van der Waals surface area contributed by atoms with E-state index >= 15 is 0 Å². The summed E-state index contributed by atoms with van der Waals surface area (Å²) in [5.41, 5.74) is 1.92. The molecule has 2 aliphatic heterocycles. The lowest BCUT2D eigenvalue weighted by atomic mass is 9.71. The maximum atomic E-state index is 13.1. The van der Waals surface area contributed by atoms with Crippen LogP contribution in [0.2, 0.25) is 0 Å². The summed E-state index contributed by atoms with van der Waals surface area (Å²) in [6, 6.07) is 15.7. The third kappa shape index (κ3) is 3.64. The zero-order valence-electron chi connectivity index (χ0n) is 14.9. The summed E-state index contributed by atoms with van der Waals surface area (Å²) < 4.78 is 5.59. The molecule has 2 saturated heterocycles. The van der Waals surface area contributed by atoms with E-state index in [1.807, 2.05) is 54.7 Å². The largest absolute Gasteiger partial charge is 0.381 e.